The molecular weight excluding hydrogens is 301 g/mol. The van der Waals surface area contributed by atoms with Gasteiger partial charge in [-0.05, 0) is 34.5 Å². The molecular formula is C13H13F3N4O2. The zero-order valence-electron chi connectivity index (χ0n) is 11.8. The van der Waals surface area contributed by atoms with Crippen molar-refractivity contribution in [3.63, 3.8) is 0 Å². The molecule has 0 radical (unpaired) electrons. The van der Waals surface area contributed by atoms with Crippen LogP contribution >= 0.6 is 0 Å². The van der Waals surface area contributed by atoms with Crippen molar-refractivity contribution >= 4 is 11.6 Å². The summed E-state index contributed by atoms with van der Waals surface area (Å²) in [4.78, 5) is 13.9. The normalized spacial score (nSPS) is 13.0. The quantitative estimate of drug-likeness (QED) is 0.692. The van der Waals surface area contributed by atoms with E-state index < -0.39 is 22.7 Å². The first-order valence-corrected chi connectivity index (χ1v) is 6.29. The number of rotatable bonds is 4. The number of alkyl halides is 3. The van der Waals surface area contributed by atoms with Crippen LogP contribution in [0, 0.1) is 10.1 Å². The van der Waals surface area contributed by atoms with Gasteiger partial charge in [0.2, 0.25) is 12.1 Å². The summed E-state index contributed by atoms with van der Waals surface area (Å²) in [5, 5.41) is 13.8. The van der Waals surface area contributed by atoms with Gasteiger partial charge in [-0.15, -0.1) is 0 Å². The van der Waals surface area contributed by atoms with Crippen molar-refractivity contribution < 1.29 is 18.1 Å². The van der Waals surface area contributed by atoms with Crippen molar-refractivity contribution in [3.05, 3.63) is 51.8 Å². The molecule has 22 heavy (non-hydrogen) atoms. The zero-order valence-corrected chi connectivity index (χ0v) is 11.8. The van der Waals surface area contributed by atoms with E-state index in [1.807, 2.05) is 0 Å². The number of nitrogens with one attached hydrogen (secondary N) is 1. The second-order valence-corrected chi connectivity index (χ2v) is 4.77. The largest absolute Gasteiger partial charge is 0.416 e. The van der Waals surface area contributed by atoms with Gasteiger partial charge in [-0.1, -0.05) is 12.1 Å². The standard InChI is InChI=1S/C13H13F3N4O2/c1-8(9-3-5-10(6-4-9)13(14,15)16)18-12-11(20(21)22)17-7-19(12)2/h3-8,18H,1-2H3/t8-/m0/s1. The first-order valence-electron chi connectivity index (χ1n) is 6.29. The molecule has 0 bridgehead atoms. The maximum absolute atomic E-state index is 12.5. The molecule has 1 aromatic heterocycles. The molecule has 0 fully saturated rings. The summed E-state index contributed by atoms with van der Waals surface area (Å²) in [5.74, 6) is -0.140. The Morgan fingerprint density at radius 1 is 1.32 bits per heavy atom. The van der Waals surface area contributed by atoms with Crippen LogP contribution in [0.3, 0.4) is 0 Å². The number of aromatic nitrogens is 2. The molecule has 2 rings (SSSR count). The highest BCUT2D eigenvalue weighted by atomic mass is 19.4. The average Bonchev–Trinajstić information content (AvgIpc) is 2.79. The van der Waals surface area contributed by atoms with Crippen LogP contribution in [0.1, 0.15) is 24.1 Å². The Bertz CT molecular complexity index is 680. The molecule has 118 valence electrons. The van der Waals surface area contributed by atoms with Crippen molar-refractivity contribution in [2.45, 2.75) is 19.1 Å². The highest BCUT2D eigenvalue weighted by molar-refractivity contribution is 5.53. The summed E-state index contributed by atoms with van der Waals surface area (Å²) < 4.78 is 39.0. The summed E-state index contributed by atoms with van der Waals surface area (Å²) >= 11 is 0. The number of hydrogen-bond acceptors (Lipinski definition) is 4. The lowest BCUT2D eigenvalue weighted by atomic mass is 10.1. The van der Waals surface area contributed by atoms with E-state index in [4.69, 9.17) is 0 Å². The second-order valence-electron chi connectivity index (χ2n) is 4.77. The minimum absolute atomic E-state index is 0.192. The van der Waals surface area contributed by atoms with Crippen LogP contribution < -0.4 is 5.32 Å². The molecule has 0 aliphatic heterocycles. The van der Waals surface area contributed by atoms with Crippen molar-refractivity contribution in [1.29, 1.82) is 0 Å². The van der Waals surface area contributed by atoms with Gasteiger partial charge in [0.15, 0.2) is 0 Å². The fourth-order valence-corrected chi connectivity index (χ4v) is 1.97. The number of nitro groups is 1. The smallest absolute Gasteiger partial charge is 0.358 e. The molecule has 1 heterocycles. The fraction of sp³-hybridized carbons (Fsp3) is 0.308. The number of aryl methyl sites for hydroxylation is 1. The number of hydrogen-bond donors (Lipinski definition) is 1. The van der Waals surface area contributed by atoms with Gasteiger partial charge in [0.05, 0.1) is 11.6 Å². The zero-order chi connectivity index (χ0) is 16.5. The van der Waals surface area contributed by atoms with Crippen LogP contribution in [0.25, 0.3) is 0 Å². The number of anilines is 1. The highest BCUT2D eigenvalue weighted by Gasteiger charge is 2.30. The Hall–Kier alpha value is -2.58. The fourth-order valence-electron chi connectivity index (χ4n) is 1.97. The number of benzene rings is 1. The molecule has 0 aliphatic carbocycles. The molecule has 6 nitrogen and oxygen atoms in total. The monoisotopic (exact) mass is 314 g/mol. The molecule has 0 spiro atoms. The predicted molar refractivity (Wildman–Crippen MR) is 73.3 cm³/mol. The molecule has 1 N–H and O–H groups in total. The maximum Gasteiger partial charge on any atom is 0.416 e. The van der Waals surface area contributed by atoms with Gasteiger partial charge in [-0.25, -0.2) is 0 Å². The molecule has 9 heteroatoms. The molecule has 2 aromatic rings. The lowest BCUT2D eigenvalue weighted by Crippen LogP contribution is -2.11. The van der Waals surface area contributed by atoms with Crippen molar-refractivity contribution in [2.24, 2.45) is 7.05 Å². The van der Waals surface area contributed by atoms with Crippen molar-refractivity contribution in [1.82, 2.24) is 9.55 Å². The Kier molecular flexibility index (Phi) is 4.07. The van der Waals surface area contributed by atoms with Crippen LogP contribution in [-0.2, 0) is 13.2 Å². The Morgan fingerprint density at radius 3 is 2.41 bits per heavy atom. The molecule has 0 unspecified atom stereocenters. The average molecular weight is 314 g/mol. The third kappa shape index (κ3) is 3.18. The minimum Gasteiger partial charge on any atom is -0.358 e. The lowest BCUT2D eigenvalue weighted by molar-refractivity contribution is -0.388. The van der Waals surface area contributed by atoms with Gasteiger partial charge in [-0.3, -0.25) is 4.57 Å². The molecule has 0 aliphatic rings. The Morgan fingerprint density at radius 2 is 1.91 bits per heavy atom. The molecule has 0 amide bonds. The van der Waals surface area contributed by atoms with E-state index >= 15 is 0 Å². The summed E-state index contributed by atoms with van der Waals surface area (Å²) in [6.45, 7) is 1.69. The Labute approximate surface area is 123 Å². The maximum atomic E-state index is 12.5. The van der Waals surface area contributed by atoms with Crippen molar-refractivity contribution in [3.8, 4) is 0 Å². The number of imidazole rings is 1. The molecule has 0 saturated carbocycles. The van der Waals surface area contributed by atoms with Gasteiger partial charge in [0.1, 0.15) is 0 Å². The third-order valence-electron chi connectivity index (χ3n) is 3.18. The summed E-state index contributed by atoms with van der Waals surface area (Å²) in [6, 6.07) is 4.21. The predicted octanol–water partition coefficient (Wildman–Crippen LogP) is 3.52. The van der Waals surface area contributed by atoms with E-state index in [1.54, 1.807) is 14.0 Å². The van der Waals surface area contributed by atoms with E-state index in [1.165, 1.54) is 23.0 Å². The van der Waals surface area contributed by atoms with Crippen LogP contribution in [0.4, 0.5) is 24.8 Å². The summed E-state index contributed by atoms with van der Waals surface area (Å²) in [5.41, 5.74) is -0.168. The summed E-state index contributed by atoms with van der Waals surface area (Å²) in [7, 11) is 1.59. The third-order valence-corrected chi connectivity index (χ3v) is 3.18. The van der Waals surface area contributed by atoms with Gasteiger partial charge in [0.25, 0.3) is 0 Å². The van der Waals surface area contributed by atoms with Gasteiger partial charge >= 0.3 is 12.0 Å². The molecule has 1 atom stereocenters. The van der Waals surface area contributed by atoms with E-state index in [-0.39, 0.29) is 11.6 Å². The minimum atomic E-state index is -4.39. The van der Waals surface area contributed by atoms with E-state index in [0.29, 0.717) is 5.56 Å². The first-order chi connectivity index (χ1) is 10.2. The molecule has 0 saturated heterocycles. The number of halogens is 3. The molecule has 1 aromatic carbocycles. The SMILES string of the molecule is C[C@H](Nc1c([N+](=O)[O-])ncn1C)c1ccc(C(F)(F)F)cc1. The highest BCUT2D eigenvalue weighted by Crippen LogP contribution is 2.31. The number of nitrogens with zero attached hydrogens (tertiary/aromatic N) is 3. The topological polar surface area (TPSA) is 73.0 Å². The van der Waals surface area contributed by atoms with Crippen LogP contribution in [0.5, 0.6) is 0 Å². The van der Waals surface area contributed by atoms with Gasteiger partial charge < -0.3 is 15.4 Å². The van der Waals surface area contributed by atoms with Gasteiger partial charge in [0, 0.05) is 7.05 Å². The van der Waals surface area contributed by atoms with Crippen LogP contribution in [0.15, 0.2) is 30.6 Å². The van der Waals surface area contributed by atoms with E-state index in [9.17, 15) is 23.3 Å². The van der Waals surface area contributed by atoms with Crippen LogP contribution in [0.2, 0.25) is 0 Å². The van der Waals surface area contributed by atoms with E-state index in [0.717, 1.165) is 12.1 Å². The van der Waals surface area contributed by atoms with Crippen LogP contribution in [-0.4, -0.2) is 14.5 Å². The first kappa shape index (κ1) is 15.8. The van der Waals surface area contributed by atoms with Gasteiger partial charge in [-0.2, -0.15) is 13.2 Å². The summed E-state index contributed by atoms with van der Waals surface area (Å²) in [6.07, 6.45) is -3.10. The Balaban J connectivity index is 2.21. The van der Waals surface area contributed by atoms with E-state index in [2.05, 4.69) is 10.3 Å². The lowest BCUT2D eigenvalue weighted by Gasteiger charge is -2.16. The second kappa shape index (κ2) is 5.66. The van der Waals surface area contributed by atoms with Crippen molar-refractivity contribution in [2.75, 3.05) is 5.32 Å².